The van der Waals surface area contributed by atoms with E-state index in [4.69, 9.17) is 26.8 Å². The lowest BCUT2D eigenvalue weighted by Crippen LogP contribution is -2.31. The van der Waals surface area contributed by atoms with E-state index in [1.165, 1.54) is 6.07 Å². The van der Waals surface area contributed by atoms with Crippen molar-refractivity contribution in [2.75, 3.05) is 30.4 Å². The largest absolute Gasteiger partial charge is 0.435 e. The highest BCUT2D eigenvalue weighted by atomic mass is 35.5. The highest BCUT2D eigenvalue weighted by molar-refractivity contribution is 6.31. The molecule has 1 aromatic heterocycles. The van der Waals surface area contributed by atoms with Crippen LogP contribution < -0.4 is 20.1 Å². The Hall–Kier alpha value is -2.39. The van der Waals surface area contributed by atoms with Crippen LogP contribution in [0.15, 0.2) is 18.2 Å². The molecule has 26 heavy (non-hydrogen) atoms. The molecule has 138 valence electrons. The number of halogens is 3. The molecule has 4 rings (SSSR count). The van der Waals surface area contributed by atoms with Crippen molar-refractivity contribution in [3.8, 4) is 17.4 Å². The Kier molecular flexibility index (Phi) is 4.41. The third-order valence-electron chi connectivity index (χ3n) is 4.19. The molecule has 2 aromatic rings. The number of ether oxygens (including phenoxy) is 3. The summed E-state index contributed by atoms with van der Waals surface area (Å²) >= 11 is 6.37. The fourth-order valence-electron chi connectivity index (χ4n) is 3.13. The van der Waals surface area contributed by atoms with Crippen molar-refractivity contribution in [3.05, 3.63) is 28.8 Å². The number of benzene rings is 1. The highest BCUT2D eigenvalue weighted by Crippen LogP contribution is 2.43. The molecule has 7 nitrogen and oxygen atoms in total. The predicted molar refractivity (Wildman–Crippen MR) is 90.1 cm³/mol. The molecular weight excluding hydrogens is 370 g/mol. The van der Waals surface area contributed by atoms with E-state index in [1.54, 1.807) is 12.1 Å². The fraction of sp³-hybridized carbons (Fsp3) is 0.375. The molecule has 1 saturated heterocycles. The Morgan fingerprint density at radius 1 is 1.31 bits per heavy atom. The van der Waals surface area contributed by atoms with Gasteiger partial charge in [-0.3, -0.25) is 0 Å². The summed E-state index contributed by atoms with van der Waals surface area (Å²) in [7, 11) is 0. The summed E-state index contributed by atoms with van der Waals surface area (Å²) in [6, 6.07) is 4.20. The van der Waals surface area contributed by atoms with E-state index in [0.29, 0.717) is 31.1 Å². The number of fused-ring (bicyclic) bond motifs is 7. The fourth-order valence-corrected chi connectivity index (χ4v) is 3.41. The van der Waals surface area contributed by atoms with E-state index in [0.717, 1.165) is 6.42 Å². The maximum atomic E-state index is 12.8. The second-order valence-corrected chi connectivity index (χ2v) is 6.27. The van der Waals surface area contributed by atoms with Crippen LogP contribution in [0.3, 0.4) is 0 Å². The normalized spacial score (nSPS) is 18.9. The van der Waals surface area contributed by atoms with Crippen LogP contribution in [0.25, 0.3) is 0 Å². The number of alkyl halides is 2. The summed E-state index contributed by atoms with van der Waals surface area (Å²) in [5.74, 6) is 0.581. The third kappa shape index (κ3) is 3.19. The molecule has 2 aliphatic rings. The van der Waals surface area contributed by atoms with Gasteiger partial charge < -0.3 is 24.8 Å². The molecule has 10 heteroatoms. The molecule has 0 aliphatic carbocycles. The number of nitrogens with zero attached hydrogens (tertiary/aromatic N) is 3. The van der Waals surface area contributed by atoms with E-state index in [-0.39, 0.29) is 34.4 Å². The van der Waals surface area contributed by atoms with Crippen LogP contribution in [0.4, 0.5) is 20.5 Å². The first-order chi connectivity index (χ1) is 12.5. The number of rotatable bonds is 2. The van der Waals surface area contributed by atoms with Crippen LogP contribution in [0.2, 0.25) is 5.02 Å². The molecule has 2 aliphatic heterocycles. The minimum atomic E-state index is -3.02. The Balaban J connectivity index is 1.91. The van der Waals surface area contributed by atoms with Crippen molar-refractivity contribution in [2.45, 2.75) is 19.1 Å². The zero-order valence-corrected chi connectivity index (χ0v) is 14.2. The first-order valence-corrected chi connectivity index (χ1v) is 8.34. The van der Waals surface area contributed by atoms with Crippen molar-refractivity contribution in [3.63, 3.8) is 0 Å². The average molecular weight is 385 g/mol. The quantitative estimate of drug-likeness (QED) is 0.849. The monoisotopic (exact) mass is 384 g/mol. The van der Waals surface area contributed by atoms with E-state index < -0.39 is 6.61 Å². The number of nitrogens with two attached hydrogens (primary N) is 1. The van der Waals surface area contributed by atoms with Gasteiger partial charge in [-0.1, -0.05) is 11.6 Å². The lowest BCUT2D eigenvalue weighted by Gasteiger charge is -2.30. The molecule has 1 unspecified atom stereocenters. The van der Waals surface area contributed by atoms with Crippen molar-refractivity contribution in [1.82, 2.24) is 9.97 Å². The Bertz CT molecular complexity index is 839. The predicted octanol–water partition coefficient (Wildman–Crippen LogP) is 3.39. The average Bonchev–Trinajstić information content (AvgIpc) is 2.80. The first kappa shape index (κ1) is 17.0. The van der Waals surface area contributed by atoms with Crippen molar-refractivity contribution in [2.24, 2.45) is 0 Å². The van der Waals surface area contributed by atoms with Gasteiger partial charge in [-0.05, 0) is 18.1 Å². The topological polar surface area (TPSA) is 82.7 Å². The maximum absolute atomic E-state index is 12.8. The van der Waals surface area contributed by atoms with Gasteiger partial charge in [0, 0.05) is 30.3 Å². The van der Waals surface area contributed by atoms with Gasteiger partial charge in [0.1, 0.15) is 5.82 Å². The molecule has 2 N–H and O–H groups in total. The molecule has 1 atom stereocenters. The van der Waals surface area contributed by atoms with Gasteiger partial charge in [0.05, 0.1) is 12.6 Å². The minimum Gasteiger partial charge on any atom is -0.435 e. The second-order valence-electron chi connectivity index (χ2n) is 5.86. The summed E-state index contributed by atoms with van der Waals surface area (Å²) < 4.78 is 41.4. The molecule has 4 bridgehead atoms. The van der Waals surface area contributed by atoms with Gasteiger partial charge in [0.2, 0.25) is 11.8 Å². The van der Waals surface area contributed by atoms with Crippen LogP contribution in [0.1, 0.15) is 18.0 Å². The lowest BCUT2D eigenvalue weighted by molar-refractivity contribution is -0.0510. The standard InChI is InChI=1S/C16H15ClF2N4O3/c17-9-5-12(26-15(18)19)11-4-8(9)10-7-24-3-1-2-23(10)13-6-14(25-11)22-16(20)21-13/h4-6,10,15H,1-3,7H2,(H2,20,21,22). The van der Waals surface area contributed by atoms with Crippen LogP contribution in [-0.4, -0.2) is 36.3 Å². The molecule has 1 aromatic carbocycles. The van der Waals surface area contributed by atoms with E-state index >= 15 is 0 Å². The Labute approximate surface area is 152 Å². The summed E-state index contributed by atoms with van der Waals surface area (Å²) in [5.41, 5.74) is 6.46. The Morgan fingerprint density at radius 2 is 2.15 bits per heavy atom. The number of hydrogen-bond acceptors (Lipinski definition) is 7. The summed E-state index contributed by atoms with van der Waals surface area (Å²) in [6.07, 6.45) is 0.785. The smallest absolute Gasteiger partial charge is 0.387 e. The van der Waals surface area contributed by atoms with Gasteiger partial charge >= 0.3 is 6.61 Å². The van der Waals surface area contributed by atoms with E-state index in [9.17, 15) is 8.78 Å². The minimum absolute atomic E-state index is 0.0128. The first-order valence-electron chi connectivity index (χ1n) is 7.96. The van der Waals surface area contributed by atoms with Gasteiger partial charge in [0.15, 0.2) is 11.5 Å². The zero-order chi connectivity index (χ0) is 18.3. The third-order valence-corrected chi connectivity index (χ3v) is 4.52. The number of nitrogen functional groups attached to an aromatic ring is 1. The SMILES string of the molecule is Nc1nc2cc(n1)N1CCCOCC1c1cc(c(OC(F)F)cc1Cl)O2. The van der Waals surface area contributed by atoms with E-state index in [1.807, 2.05) is 4.90 Å². The molecule has 3 heterocycles. The second kappa shape index (κ2) is 6.73. The molecule has 0 saturated carbocycles. The van der Waals surface area contributed by atoms with Gasteiger partial charge in [0.25, 0.3) is 0 Å². The molecular formula is C16H15ClF2N4O3. The van der Waals surface area contributed by atoms with Crippen molar-refractivity contribution in [1.29, 1.82) is 0 Å². The van der Waals surface area contributed by atoms with Crippen molar-refractivity contribution < 1.29 is 23.0 Å². The van der Waals surface area contributed by atoms with Gasteiger partial charge in [-0.25, -0.2) is 0 Å². The van der Waals surface area contributed by atoms with E-state index in [2.05, 4.69) is 14.7 Å². The highest BCUT2D eigenvalue weighted by Gasteiger charge is 2.30. The van der Waals surface area contributed by atoms with Gasteiger partial charge in [-0.15, -0.1) is 0 Å². The number of hydrogen-bond donors (Lipinski definition) is 1. The zero-order valence-electron chi connectivity index (χ0n) is 13.5. The van der Waals surface area contributed by atoms with Gasteiger partial charge in [-0.2, -0.15) is 18.7 Å². The van der Waals surface area contributed by atoms with Crippen LogP contribution in [0, 0.1) is 0 Å². The maximum Gasteiger partial charge on any atom is 0.387 e. The Morgan fingerprint density at radius 3 is 2.96 bits per heavy atom. The summed E-state index contributed by atoms with van der Waals surface area (Å²) in [5, 5.41) is 0.268. The van der Waals surface area contributed by atoms with Crippen LogP contribution in [-0.2, 0) is 4.74 Å². The summed E-state index contributed by atoms with van der Waals surface area (Å²) in [6.45, 7) is -1.42. The number of aromatic nitrogens is 2. The molecule has 0 spiro atoms. The lowest BCUT2D eigenvalue weighted by atomic mass is 10.0. The van der Waals surface area contributed by atoms with Crippen molar-refractivity contribution >= 4 is 23.4 Å². The number of anilines is 2. The summed E-state index contributed by atoms with van der Waals surface area (Å²) in [4.78, 5) is 10.3. The molecule has 0 amide bonds. The van der Waals surface area contributed by atoms with Crippen LogP contribution >= 0.6 is 11.6 Å². The molecule has 1 fully saturated rings. The molecule has 0 radical (unpaired) electrons. The van der Waals surface area contributed by atoms with Crippen LogP contribution in [0.5, 0.6) is 17.4 Å².